The molecule has 2 atom stereocenters. The van der Waals surface area contributed by atoms with Gasteiger partial charge in [-0.1, -0.05) is 18.2 Å². The van der Waals surface area contributed by atoms with Gasteiger partial charge in [-0.25, -0.2) is 0 Å². The number of morpholine rings is 1. The van der Waals surface area contributed by atoms with E-state index in [0.717, 1.165) is 4.88 Å². The first-order valence-corrected chi connectivity index (χ1v) is 9.10. The molecule has 1 amide bonds. The monoisotopic (exact) mass is 331 g/mol. The second-order valence-corrected chi connectivity index (χ2v) is 7.99. The maximum absolute atomic E-state index is 12.8. The number of carbonyl (C=O) groups is 1. The molecule has 0 spiro atoms. The van der Waals surface area contributed by atoms with Crippen molar-refractivity contribution in [2.75, 3.05) is 13.2 Å². The van der Waals surface area contributed by atoms with Gasteiger partial charge in [-0.2, -0.15) is 0 Å². The smallest absolute Gasteiger partial charge is 0.264 e. The van der Waals surface area contributed by atoms with Gasteiger partial charge in [-0.3, -0.25) is 4.79 Å². The number of hydrogen-bond donors (Lipinski definition) is 0. The Kier molecular flexibility index (Phi) is 3.44. The fourth-order valence-electron chi connectivity index (χ4n) is 2.93. The van der Waals surface area contributed by atoms with Crippen molar-refractivity contribution in [1.29, 1.82) is 0 Å². The van der Waals surface area contributed by atoms with Crippen molar-refractivity contribution in [3.8, 4) is 0 Å². The van der Waals surface area contributed by atoms with Crippen LogP contribution in [0.25, 0.3) is 19.5 Å². The summed E-state index contributed by atoms with van der Waals surface area (Å²) in [6.07, 6.45) is 0.113. The fraction of sp³-hybridized carbons (Fsp3) is 0.353. The molecular formula is C17H17NO2S2. The van der Waals surface area contributed by atoms with Crippen LogP contribution in [0.3, 0.4) is 0 Å². The first kappa shape index (κ1) is 14.2. The molecule has 3 aromatic rings. The van der Waals surface area contributed by atoms with E-state index in [9.17, 15) is 4.79 Å². The third-order valence-electron chi connectivity index (χ3n) is 4.13. The topological polar surface area (TPSA) is 29.5 Å². The van der Waals surface area contributed by atoms with E-state index in [1.165, 1.54) is 19.5 Å². The summed E-state index contributed by atoms with van der Waals surface area (Å²) in [5, 5.41) is 1.26. The number of fused-ring (bicyclic) bond motifs is 3. The van der Waals surface area contributed by atoms with Crippen LogP contribution in [-0.2, 0) is 4.74 Å². The lowest BCUT2D eigenvalue weighted by Gasteiger charge is -2.36. The van der Waals surface area contributed by atoms with Gasteiger partial charge in [0.25, 0.3) is 5.91 Å². The standard InChI is InChI=1S/C17H17NO2S2/c1-10-9-20-11(2)8-18(10)17(19)15-7-14-16(22-15)12-5-3-4-6-13(12)21-14/h3-7,10-11H,8-9H2,1-2H3/t10-,11-/m0/s1. The molecule has 3 nitrogen and oxygen atoms in total. The predicted octanol–water partition coefficient (Wildman–Crippen LogP) is 4.37. The van der Waals surface area contributed by atoms with Crippen LogP contribution in [0.5, 0.6) is 0 Å². The maximum Gasteiger partial charge on any atom is 0.264 e. The van der Waals surface area contributed by atoms with Crippen molar-refractivity contribution in [2.24, 2.45) is 0 Å². The number of hydrogen-bond acceptors (Lipinski definition) is 4. The van der Waals surface area contributed by atoms with Crippen LogP contribution in [0.2, 0.25) is 0 Å². The first-order chi connectivity index (χ1) is 10.6. The average molecular weight is 331 g/mol. The summed E-state index contributed by atoms with van der Waals surface area (Å²) in [7, 11) is 0. The van der Waals surface area contributed by atoms with E-state index in [4.69, 9.17) is 4.74 Å². The van der Waals surface area contributed by atoms with Crippen molar-refractivity contribution in [2.45, 2.75) is 26.0 Å². The van der Waals surface area contributed by atoms with Crippen molar-refractivity contribution in [3.63, 3.8) is 0 Å². The molecule has 1 aliphatic heterocycles. The number of thiophene rings is 2. The second kappa shape index (κ2) is 5.33. The van der Waals surface area contributed by atoms with Crippen LogP contribution in [0, 0.1) is 0 Å². The summed E-state index contributed by atoms with van der Waals surface area (Å²) >= 11 is 3.38. The van der Waals surface area contributed by atoms with Crippen LogP contribution in [0.1, 0.15) is 23.5 Å². The van der Waals surface area contributed by atoms with Crippen molar-refractivity contribution >= 4 is 48.1 Å². The molecule has 22 heavy (non-hydrogen) atoms. The van der Waals surface area contributed by atoms with Crippen LogP contribution < -0.4 is 0 Å². The molecule has 3 heterocycles. The molecule has 0 radical (unpaired) electrons. The van der Waals surface area contributed by atoms with E-state index in [0.29, 0.717) is 13.2 Å². The van der Waals surface area contributed by atoms with Crippen LogP contribution in [0.15, 0.2) is 30.3 Å². The van der Waals surface area contributed by atoms with E-state index in [1.54, 1.807) is 22.7 Å². The quantitative estimate of drug-likeness (QED) is 0.663. The van der Waals surface area contributed by atoms with Gasteiger partial charge >= 0.3 is 0 Å². The van der Waals surface area contributed by atoms with E-state index < -0.39 is 0 Å². The summed E-state index contributed by atoms with van der Waals surface area (Å²) in [6.45, 7) is 5.36. The zero-order valence-electron chi connectivity index (χ0n) is 12.5. The van der Waals surface area contributed by atoms with Gasteiger partial charge < -0.3 is 9.64 Å². The molecule has 0 saturated carbocycles. The lowest BCUT2D eigenvalue weighted by atomic mass is 10.2. The van der Waals surface area contributed by atoms with Gasteiger partial charge in [-0.15, -0.1) is 22.7 Å². The number of benzene rings is 1. The molecule has 4 rings (SSSR count). The van der Waals surface area contributed by atoms with Crippen molar-refractivity contribution in [3.05, 3.63) is 35.2 Å². The summed E-state index contributed by atoms with van der Waals surface area (Å²) in [4.78, 5) is 15.6. The van der Waals surface area contributed by atoms with Crippen molar-refractivity contribution in [1.82, 2.24) is 4.90 Å². The molecule has 5 heteroatoms. The van der Waals surface area contributed by atoms with Gasteiger partial charge in [-0.05, 0) is 26.0 Å². The summed E-state index contributed by atoms with van der Waals surface area (Å²) in [5.74, 6) is 0.139. The third-order valence-corrected chi connectivity index (χ3v) is 6.53. The fourth-order valence-corrected chi connectivity index (χ4v) is 5.41. The van der Waals surface area contributed by atoms with Crippen LogP contribution >= 0.6 is 22.7 Å². The molecule has 2 aromatic heterocycles. The van der Waals surface area contributed by atoms with E-state index in [1.807, 2.05) is 11.8 Å². The lowest BCUT2D eigenvalue weighted by molar-refractivity contribution is -0.0385. The van der Waals surface area contributed by atoms with Crippen LogP contribution in [0.4, 0.5) is 0 Å². The summed E-state index contributed by atoms with van der Waals surface area (Å²) in [6, 6.07) is 10.6. The largest absolute Gasteiger partial charge is 0.375 e. The Bertz CT molecular complexity index is 851. The highest BCUT2D eigenvalue weighted by Crippen LogP contribution is 2.39. The Balaban J connectivity index is 1.72. The normalized spacial score (nSPS) is 22.5. The summed E-state index contributed by atoms with van der Waals surface area (Å²) < 4.78 is 9.35. The molecule has 1 fully saturated rings. The first-order valence-electron chi connectivity index (χ1n) is 7.47. The molecule has 1 aliphatic rings. The van der Waals surface area contributed by atoms with Gasteiger partial charge in [0.05, 0.1) is 28.3 Å². The van der Waals surface area contributed by atoms with Crippen LogP contribution in [-0.4, -0.2) is 36.1 Å². The zero-order chi connectivity index (χ0) is 15.3. The minimum absolute atomic E-state index is 0.113. The minimum Gasteiger partial charge on any atom is -0.375 e. The van der Waals surface area contributed by atoms with E-state index in [-0.39, 0.29) is 18.1 Å². The Hall–Kier alpha value is -1.43. The molecule has 114 valence electrons. The van der Waals surface area contributed by atoms with Gasteiger partial charge in [0.2, 0.25) is 0 Å². The Morgan fingerprint density at radius 3 is 2.91 bits per heavy atom. The molecular weight excluding hydrogens is 314 g/mol. The number of carbonyl (C=O) groups excluding carboxylic acids is 1. The van der Waals surface area contributed by atoms with E-state index in [2.05, 4.69) is 37.3 Å². The van der Waals surface area contributed by atoms with E-state index >= 15 is 0 Å². The molecule has 0 aliphatic carbocycles. The lowest BCUT2D eigenvalue weighted by Crippen LogP contribution is -2.50. The highest BCUT2D eigenvalue weighted by atomic mass is 32.1. The zero-order valence-corrected chi connectivity index (χ0v) is 14.2. The number of ether oxygens (including phenoxy) is 1. The predicted molar refractivity (Wildman–Crippen MR) is 93.1 cm³/mol. The SMILES string of the molecule is C[C@H]1CN(C(=O)c2cc3sc4ccccc4c3s2)[C@@H](C)CO1. The maximum atomic E-state index is 12.8. The Labute approximate surface area is 137 Å². The van der Waals surface area contributed by atoms with Gasteiger partial charge in [0.1, 0.15) is 0 Å². The Morgan fingerprint density at radius 1 is 1.23 bits per heavy atom. The average Bonchev–Trinajstić information content (AvgIpc) is 3.06. The number of nitrogens with zero attached hydrogens (tertiary/aromatic N) is 1. The molecule has 1 saturated heterocycles. The molecule has 0 bridgehead atoms. The third kappa shape index (κ3) is 2.24. The molecule has 0 N–H and O–H groups in total. The highest BCUT2D eigenvalue weighted by molar-refractivity contribution is 7.33. The number of rotatable bonds is 1. The number of amides is 1. The van der Waals surface area contributed by atoms with Crippen molar-refractivity contribution < 1.29 is 9.53 Å². The molecule has 1 aromatic carbocycles. The second-order valence-electron chi connectivity index (χ2n) is 5.85. The van der Waals surface area contributed by atoms with Gasteiger partial charge in [0.15, 0.2) is 0 Å². The summed E-state index contributed by atoms with van der Waals surface area (Å²) in [5.41, 5.74) is 0. The minimum atomic E-state index is 0.113. The van der Waals surface area contributed by atoms with Gasteiger partial charge in [0, 0.05) is 21.3 Å². The highest BCUT2D eigenvalue weighted by Gasteiger charge is 2.29. The molecule has 0 unspecified atom stereocenters. The Morgan fingerprint density at radius 2 is 2.05 bits per heavy atom.